The van der Waals surface area contributed by atoms with E-state index in [2.05, 4.69) is 15.9 Å². The van der Waals surface area contributed by atoms with Gasteiger partial charge in [0.2, 0.25) is 0 Å². The van der Waals surface area contributed by atoms with E-state index < -0.39 is 11.4 Å². The van der Waals surface area contributed by atoms with Crippen LogP contribution in [0.5, 0.6) is 11.5 Å². The second-order valence-electron chi connectivity index (χ2n) is 5.28. The molecule has 1 aromatic rings. The number of hydrogen-bond donors (Lipinski definition) is 2. The Hall–Kier alpha value is -1.23. The van der Waals surface area contributed by atoms with Gasteiger partial charge >= 0.3 is 5.97 Å². The van der Waals surface area contributed by atoms with Gasteiger partial charge in [0.25, 0.3) is 0 Å². The van der Waals surface area contributed by atoms with Gasteiger partial charge in [-0.1, -0.05) is 29.8 Å². The van der Waals surface area contributed by atoms with Gasteiger partial charge in [0.1, 0.15) is 0 Å². The first-order chi connectivity index (χ1) is 8.63. The number of carboxylic acids is 1. The molecule has 106 valence electrons. The predicted molar refractivity (Wildman–Crippen MR) is 77.1 cm³/mol. The molecule has 1 aromatic carbocycles. The Morgan fingerprint density at radius 1 is 1.32 bits per heavy atom. The molecular formula is C14H19BrO4. The molecule has 0 aliphatic heterocycles. The summed E-state index contributed by atoms with van der Waals surface area (Å²) in [6, 6.07) is 0. The molecule has 5 heteroatoms. The Morgan fingerprint density at radius 2 is 1.84 bits per heavy atom. The van der Waals surface area contributed by atoms with E-state index in [0.29, 0.717) is 11.3 Å². The molecule has 0 saturated carbocycles. The first-order valence-electron chi connectivity index (χ1n) is 5.91. The van der Waals surface area contributed by atoms with E-state index in [4.69, 9.17) is 9.84 Å². The van der Waals surface area contributed by atoms with Crippen LogP contribution in [0.3, 0.4) is 0 Å². The molecule has 19 heavy (non-hydrogen) atoms. The highest BCUT2D eigenvalue weighted by Gasteiger charge is 2.32. The van der Waals surface area contributed by atoms with Crippen LogP contribution < -0.4 is 4.74 Å². The van der Waals surface area contributed by atoms with Gasteiger partial charge in [0.15, 0.2) is 11.5 Å². The van der Waals surface area contributed by atoms with Gasteiger partial charge in [-0.05, 0) is 19.4 Å². The van der Waals surface area contributed by atoms with Crippen LogP contribution in [0, 0.1) is 13.8 Å². The van der Waals surface area contributed by atoms with Crippen molar-refractivity contribution in [2.75, 3.05) is 7.11 Å². The highest BCUT2D eigenvalue weighted by molar-refractivity contribution is 9.10. The minimum absolute atomic E-state index is 0.0203. The van der Waals surface area contributed by atoms with E-state index in [1.165, 1.54) is 7.11 Å². The Labute approximate surface area is 121 Å². The lowest BCUT2D eigenvalue weighted by molar-refractivity contribution is -0.138. The Balaban J connectivity index is 3.60. The van der Waals surface area contributed by atoms with E-state index in [-0.39, 0.29) is 12.2 Å². The summed E-state index contributed by atoms with van der Waals surface area (Å²) in [6.07, 6.45) is -0.0694. The van der Waals surface area contributed by atoms with Gasteiger partial charge < -0.3 is 14.9 Å². The Bertz CT molecular complexity index is 521. The van der Waals surface area contributed by atoms with Crippen molar-refractivity contribution in [1.82, 2.24) is 0 Å². The number of phenols is 1. The van der Waals surface area contributed by atoms with Crippen LogP contribution in [0.1, 0.15) is 37.0 Å². The van der Waals surface area contributed by atoms with Crippen molar-refractivity contribution in [3.63, 3.8) is 0 Å². The number of benzene rings is 1. The molecule has 0 amide bonds. The van der Waals surface area contributed by atoms with Gasteiger partial charge in [0, 0.05) is 21.0 Å². The van der Waals surface area contributed by atoms with Crippen LogP contribution in [0.2, 0.25) is 0 Å². The molecular weight excluding hydrogens is 312 g/mol. The fourth-order valence-electron chi connectivity index (χ4n) is 2.50. The van der Waals surface area contributed by atoms with Crippen LogP contribution in [0.4, 0.5) is 0 Å². The molecule has 0 unspecified atom stereocenters. The van der Waals surface area contributed by atoms with Crippen LogP contribution in [0.15, 0.2) is 4.47 Å². The van der Waals surface area contributed by atoms with Gasteiger partial charge in [-0.2, -0.15) is 0 Å². The van der Waals surface area contributed by atoms with Crippen LogP contribution in [0.25, 0.3) is 0 Å². The quantitative estimate of drug-likeness (QED) is 0.886. The number of methoxy groups -OCH3 is 1. The highest BCUT2D eigenvalue weighted by atomic mass is 79.9. The van der Waals surface area contributed by atoms with E-state index in [9.17, 15) is 9.90 Å². The molecule has 0 heterocycles. The predicted octanol–water partition coefficient (Wildman–Crippen LogP) is 3.53. The first-order valence-corrected chi connectivity index (χ1v) is 6.70. The average Bonchev–Trinajstić information content (AvgIpc) is 2.24. The third kappa shape index (κ3) is 2.86. The molecule has 2 N–H and O–H groups in total. The standard InChI is InChI=1S/C14H19BrO4/c1-7-10(14(3,4)6-9(16)17)12(18)13(19-5)8(2)11(7)15/h18H,6H2,1-5H3,(H,16,17). The first kappa shape index (κ1) is 15.8. The maximum absolute atomic E-state index is 11.0. The maximum atomic E-state index is 11.0. The van der Waals surface area contributed by atoms with Crippen molar-refractivity contribution in [2.45, 2.75) is 39.5 Å². The van der Waals surface area contributed by atoms with Crippen molar-refractivity contribution in [3.05, 3.63) is 21.2 Å². The molecule has 4 nitrogen and oxygen atoms in total. The molecule has 0 aliphatic rings. The lowest BCUT2D eigenvalue weighted by atomic mass is 9.78. The number of halogens is 1. The number of carbonyl (C=O) groups is 1. The fourth-order valence-corrected chi connectivity index (χ4v) is 2.88. The zero-order valence-electron chi connectivity index (χ0n) is 11.8. The SMILES string of the molecule is COc1c(C)c(Br)c(C)c(C(C)(C)CC(=O)O)c1O. The smallest absolute Gasteiger partial charge is 0.304 e. The molecule has 1 rings (SSSR count). The molecule has 0 spiro atoms. The van der Waals surface area contributed by atoms with Crippen molar-refractivity contribution >= 4 is 21.9 Å². The zero-order chi connectivity index (χ0) is 15.0. The van der Waals surface area contributed by atoms with Crippen molar-refractivity contribution in [2.24, 2.45) is 0 Å². The summed E-state index contributed by atoms with van der Waals surface area (Å²) in [6.45, 7) is 7.29. The Kier molecular flexibility index (Phi) is 4.50. The van der Waals surface area contributed by atoms with Crippen molar-refractivity contribution < 1.29 is 19.7 Å². The maximum Gasteiger partial charge on any atom is 0.304 e. The summed E-state index contributed by atoms with van der Waals surface area (Å²) >= 11 is 3.48. The highest BCUT2D eigenvalue weighted by Crippen LogP contribution is 2.47. The van der Waals surface area contributed by atoms with Crippen LogP contribution in [-0.2, 0) is 10.2 Å². The van der Waals surface area contributed by atoms with Gasteiger partial charge in [-0.15, -0.1) is 0 Å². The molecule has 0 aliphatic carbocycles. The lowest BCUT2D eigenvalue weighted by Crippen LogP contribution is -2.23. The summed E-state index contributed by atoms with van der Waals surface area (Å²) in [4.78, 5) is 11.0. The van der Waals surface area contributed by atoms with E-state index in [1.807, 2.05) is 13.8 Å². The fraction of sp³-hybridized carbons (Fsp3) is 0.500. The van der Waals surface area contributed by atoms with Crippen LogP contribution >= 0.6 is 15.9 Å². The third-order valence-corrected chi connectivity index (χ3v) is 4.49. The molecule has 0 aromatic heterocycles. The van der Waals surface area contributed by atoms with E-state index in [1.54, 1.807) is 13.8 Å². The zero-order valence-corrected chi connectivity index (χ0v) is 13.4. The number of rotatable bonds is 4. The number of aromatic hydroxyl groups is 1. The Morgan fingerprint density at radius 3 is 2.26 bits per heavy atom. The minimum atomic E-state index is -0.903. The molecule has 0 radical (unpaired) electrons. The van der Waals surface area contributed by atoms with Crippen molar-refractivity contribution in [1.29, 1.82) is 0 Å². The van der Waals surface area contributed by atoms with Gasteiger partial charge in [0.05, 0.1) is 13.5 Å². The topological polar surface area (TPSA) is 66.8 Å². The summed E-state index contributed by atoms with van der Waals surface area (Å²) in [7, 11) is 1.48. The minimum Gasteiger partial charge on any atom is -0.504 e. The van der Waals surface area contributed by atoms with Crippen molar-refractivity contribution in [3.8, 4) is 11.5 Å². The summed E-state index contributed by atoms with van der Waals surface area (Å²) < 4.78 is 6.05. The number of phenolic OH excluding ortho intramolecular Hbond substituents is 1. The number of ether oxygens (including phenoxy) is 1. The monoisotopic (exact) mass is 330 g/mol. The van der Waals surface area contributed by atoms with E-state index >= 15 is 0 Å². The molecule has 0 bridgehead atoms. The normalized spacial score (nSPS) is 11.5. The molecule has 0 fully saturated rings. The molecule has 0 atom stereocenters. The second-order valence-corrected chi connectivity index (χ2v) is 6.07. The number of hydrogen-bond acceptors (Lipinski definition) is 3. The van der Waals surface area contributed by atoms with Gasteiger partial charge in [-0.25, -0.2) is 0 Å². The lowest BCUT2D eigenvalue weighted by Gasteiger charge is -2.28. The van der Waals surface area contributed by atoms with Gasteiger partial charge in [-0.3, -0.25) is 4.79 Å². The number of carboxylic acid groups (broad SMARTS) is 1. The summed E-state index contributed by atoms with van der Waals surface area (Å²) in [5, 5.41) is 19.4. The summed E-state index contributed by atoms with van der Waals surface area (Å²) in [5.41, 5.74) is 1.54. The second kappa shape index (κ2) is 5.41. The number of aliphatic carboxylic acids is 1. The third-order valence-electron chi connectivity index (χ3n) is 3.30. The van der Waals surface area contributed by atoms with E-state index in [0.717, 1.165) is 15.6 Å². The van der Waals surface area contributed by atoms with Crippen LogP contribution in [-0.4, -0.2) is 23.3 Å². The largest absolute Gasteiger partial charge is 0.504 e. The molecule has 0 saturated heterocycles. The summed E-state index contributed by atoms with van der Waals surface area (Å²) in [5.74, 6) is -0.502. The average molecular weight is 331 g/mol.